The van der Waals surface area contributed by atoms with Crippen LogP contribution in [0.5, 0.6) is 5.75 Å². The lowest BCUT2D eigenvalue weighted by Gasteiger charge is -2.12. The maximum atomic E-state index is 11.6. The summed E-state index contributed by atoms with van der Waals surface area (Å²) in [4.78, 5) is 22.2. The highest BCUT2D eigenvalue weighted by Gasteiger charge is 2.21. The molecule has 114 valence electrons. The Labute approximate surface area is 128 Å². The molecule has 0 spiro atoms. The van der Waals surface area contributed by atoms with E-state index in [4.69, 9.17) is 4.74 Å². The number of carbonyl (C=O) groups excluding carboxylic acids is 1. The highest BCUT2D eigenvalue weighted by Crippen LogP contribution is 2.30. The fraction of sp³-hybridized carbons (Fsp3) is 0.235. The summed E-state index contributed by atoms with van der Waals surface area (Å²) in [6.45, 7) is 3.57. The molecule has 0 bridgehead atoms. The minimum absolute atomic E-state index is 0.119. The van der Waals surface area contributed by atoms with Gasteiger partial charge in [-0.15, -0.1) is 0 Å². The van der Waals surface area contributed by atoms with Gasteiger partial charge in [0.2, 0.25) is 0 Å². The average molecular weight is 299 g/mol. The van der Waals surface area contributed by atoms with E-state index < -0.39 is 4.92 Å². The minimum Gasteiger partial charge on any atom is -0.488 e. The Bertz CT molecular complexity index is 695. The molecule has 0 aliphatic heterocycles. The lowest BCUT2D eigenvalue weighted by Crippen LogP contribution is -2.05. The lowest BCUT2D eigenvalue weighted by atomic mass is 10.0. The summed E-state index contributed by atoms with van der Waals surface area (Å²) in [5.41, 5.74) is 1.66. The summed E-state index contributed by atoms with van der Waals surface area (Å²) in [5, 5.41) is 11.2. The maximum absolute atomic E-state index is 11.6. The van der Waals surface area contributed by atoms with Gasteiger partial charge in [-0.1, -0.05) is 37.3 Å². The highest BCUT2D eigenvalue weighted by atomic mass is 16.6. The van der Waals surface area contributed by atoms with Crippen LogP contribution in [0.4, 0.5) is 5.69 Å². The fourth-order valence-corrected chi connectivity index (χ4v) is 2.19. The van der Waals surface area contributed by atoms with Crippen molar-refractivity contribution in [1.29, 1.82) is 0 Å². The van der Waals surface area contributed by atoms with Gasteiger partial charge in [0.1, 0.15) is 12.4 Å². The fourth-order valence-electron chi connectivity index (χ4n) is 2.19. The Kier molecular flexibility index (Phi) is 4.88. The molecule has 0 saturated carbocycles. The predicted octanol–water partition coefficient (Wildman–Crippen LogP) is 3.94. The first-order valence-electron chi connectivity index (χ1n) is 7.02. The smallest absolute Gasteiger partial charge is 0.283 e. The predicted molar refractivity (Wildman–Crippen MR) is 83.3 cm³/mol. The number of benzene rings is 2. The average Bonchev–Trinajstić information content (AvgIpc) is 2.52. The van der Waals surface area contributed by atoms with Crippen LogP contribution in [0.25, 0.3) is 0 Å². The molecule has 5 nitrogen and oxygen atoms in total. The Morgan fingerprint density at radius 1 is 1.23 bits per heavy atom. The Hall–Kier alpha value is -2.69. The molecule has 0 amide bonds. The van der Waals surface area contributed by atoms with E-state index in [1.165, 1.54) is 13.0 Å². The summed E-state index contributed by atoms with van der Waals surface area (Å²) in [6.07, 6.45) is 0.627. The number of hydrogen-bond donors (Lipinski definition) is 0. The second-order valence-corrected chi connectivity index (χ2v) is 4.92. The number of carbonyl (C=O) groups is 1. The number of nitro benzene ring substituents is 1. The zero-order valence-corrected chi connectivity index (χ0v) is 12.5. The van der Waals surface area contributed by atoms with E-state index in [0.717, 1.165) is 11.1 Å². The molecule has 2 aromatic carbocycles. The first-order chi connectivity index (χ1) is 10.5. The zero-order chi connectivity index (χ0) is 16.1. The van der Waals surface area contributed by atoms with Crippen molar-refractivity contribution in [2.24, 2.45) is 0 Å². The van der Waals surface area contributed by atoms with Crippen molar-refractivity contribution in [3.05, 3.63) is 69.3 Å². The Morgan fingerprint density at radius 2 is 1.91 bits per heavy atom. The number of ketones is 1. The van der Waals surface area contributed by atoms with Crippen molar-refractivity contribution in [3.8, 4) is 5.75 Å². The van der Waals surface area contributed by atoms with E-state index in [0.29, 0.717) is 18.8 Å². The molecule has 2 rings (SSSR count). The molecule has 0 atom stereocenters. The molecule has 0 fully saturated rings. The third-order valence-electron chi connectivity index (χ3n) is 3.37. The van der Waals surface area contributed by atoms with Crippen LogP contribution in [0.2, 0.25) is 0 Å². The molecule has 2 aromatic rings. The summed E-state index contributed by atoms with van der Waals surface area (Å²) in [6, 6.07) is 12.5. The van der Waals surface area contributed by atoms with Gasteiger partial charge in [0.05, 0.1) is 16.6 Å². The van der Waals surface area contributed by atoms with Crippen LogP contribution < -0.4 is 4.74 Å². The van der Waals surface area contributed by atoms with Crippen LogP contribution in [-0.4, -0.2) is 10.7 Å². The molecular weight excluding hydrogens is 282 g/mol. The first-order valence-corrected chi connectivity index (χ1v) is 7.02. The molecule has 5 heteroatoms. The number of Topliss-reactive ketones (excluding diaryl/α,β-unsaturated/α-hetero) is 1. The van der Waals surface area contributed by atoms with Crippen LogP contribution in [-0.2, 0) is 13.0 Å². The molecule has 0 N–H and O–H groups in total. The molecule has 0 heterocycles. The van der Waals surface area contributed by atoms with Crippen molar-refractivity contribution in [3.63, 3.8) is 0 Å². The van der Waals surface area contributed by atoms with Crippen molar-refractivity contribution in [2.75, 3.05) is 0 Å². The third-order valence-corrected chi connectivity index (χ3v) is 3.37. The van der Waals surface area contributed by atoms with Gasteiger partial charge in [-0.25, -0.2) is 0 Å². The molecule has 0 radical (unpaired) electrons. The second-order valence-electron chi connectivity index (χ2n) is 4.92. The Morgan fingerprint density at radius 3 is 2.45 bits per heavy atom. The summed E-state index contributed by atoms with van der Waals surface area (Å²) >= 11 is 0. The van der Waals surface area contributed by atoms with E-state index in [-0.39, 0.29) is 17.0 Å². The van der Waals surface area contributed by atoms with Crippen LogP contribution in [0.15, 0.2) is 42.5 Å². The summed E-state index contributed by atoms with van der Waals surface area (Å²) in [7, 11) is 0. The lowest BCUT2D eigenvalue weighted by molar-refractivity contribution is -0.385. The Balaban J connectivity index is 2.35. The standard InChI is InChI=1S/C17H17NO4/c1-3-14-9-15(12(2)19)16(18(20)21)10-17(14)22-11-13-7-5-4-6-8-13/h4-10H,3,11H2,1-2H3. The quantitative estimate of drug-likeness (QED) is 0.460. The molecule has 22 heavy (non-hydrogen) atoms. The SMILES string of the molecule is CCc1cc(C(C)=O)c([N+](=O)[O-])cc1OCc1ccccc1. The van der Waals surface area contributed by atoms with Gasteiger partial charge in [0.15, 0.2) is 5.78 Å². The molecule has 0 aromatic heterocycles. The van der Waals surface area contributed by atoms with E-state index in [9.17, 15) is 14.9 Å². The normalized spacial score (nSPS) is 10.3. The van der Waals surface area contributed by atoms with Gasteiger partial charge >= 0.3 is 0 Å². The van der Waals surface area contributed by atoms with Crippen LogP contribution in [0.1, 0.15) is 35.3 Å². The van der Waals surface area contributed by atoms with Gasteiger partial charge in [-0.05, 0) is 30.5 Å². The van der Waals surface area contributed by atoms with Gasteiger partial charge in [0.25, 0.3) is 5.69 Å². The number of aryl methyl sites for hydroxylation is 1. The number of nitro groups is 1. The molecular formula is C17H17NO4. The van der Waals surface area contributed by atoms with Crippen LogP contribution in [0, 0.1) is 10.1 Å². The number of rotatable bonds is 6. The van der Waals surface area contributed by atoms with E-state index in [1.807, 2.05) is 37.3 Å². The minimum atomic E-state index is -0.550. The zero-order valence-electron chi connectivity index (χ0n) is 12.5. The highest BCUT2D eigenvalue weighted by molar-refractivity contribution is 5.98. The molecule has 0 saturated heterocycles. The van der Waals surface area contributed by atoms with Crippen molar-refractivity contribution >= 4 is 11.5 Å². The molecule has 0 aliphatic rings. The van der Waals surface area contributed by atoms with E-state index in [2.05, 4.69) is 0 Å². The molecule has 0 aliphatic carbocycles. The number of nitrogens with zero attached hydrogens (tertiary/aromatic N) is 1. The van der Waals surface area contributed by atoms with Crippen LogP contribution >= 0.6 is 0 Å². The van der Waals surface area contributed by atoms with Gasteiger partial charge < -0.3 is 4.74 Å². The second kappa shape index (κ2) is 6.85. The van der Waals surface area contributed by atoms with Crippen molar-refractivity contribution in [1.82, 2.24) is 0 Å². The van der Waals surface area contributed by atoms with Gasteiger partial charge in [-0.2, -0.15) is 0 Å². The summed E-state index contributed by atoms with van der Waals surface area (Å²) in [5.74, 6) is 0.124. The summed E-state index contributed by atoms with van der Waals surface area (Å²) < 4.78 is 5.72. The van der Waals surface area contributed by atoms with Gasteiger partial charge in [-0.3, -0.25) is 14.9 Å². The number of ether oxygens (including phenoxy) is 1. The topological polar surface area (TPSA) is 69.4 Å². The van der Waals surface area contributed by atoms with Crippen molar-refractivity contribution < 1.29 is 14.5 Å². The third kappa shape index (κ3) is 3.49. The largest absolute Gasteiger partial charge is 0.488 e. The van der Waals surface area contributed by atoms with Crippen molar-refractivity contribution in [2.45, 2.75) is 26.9 Å². The monoisotopic (exact) mass is 299 g/mol. The number of hydrogen-bond acceptors (Lipinski definition) is 4. The van der Waals surface area contributed by atoms with E-state index in [1.54, 1.807) is 6.07 Å². The van der Waals surface area contributed by atoms with Crippen LogP contribution in [0.3, 0.4) is 0 Å². The van der Waals surface area contributed by atoms with Gasteiger partial charge in [0, 0.05) is 0 Å². The van der Waals surface area contributed by atoms with E-state index >= 15 is 0 Å². The molecule has 0 unspecified atom stereocenters. The first kappa shape index (κ1) is 15.7. The maximum Gasteiger partial charge on any atom is 0.283 e.